The second kappa shape index (κ2) is 6.63. The van der Waals surface area contributed by atoms with Crippen molar-refractivity contribution in [1.82, 2.24) is 5.32 Å². The molecule has 0 saturated carbocycles. The molecule has 2 heteroatoms. The zero-order chi connectivity index (χ0) is 6.24. The topological polar surface area (TPSA) is 29.1 Å². The van der Waals surface area contributed by atoms with E-state index in [1.165, 1.54) is 0 Å². The van der Waals surface area contributed by atoms with Crippen LogP contribution in [0, 0.1) is 0 Å². The highest BCUT2D eigenvalue weighted by atomic mass is 16.1. The average molecular weight is 115 g/mol. The van der Waals surface area contributed by atoms with Crippen LogP contribution in [0.1, 0.15) is 19.8 Å². The van der Waals surface area contributed by atoms with Crippen molar-refractivity contribution in [1.29, 1.82) is 0 Å². The summed E-state index contributed by atoms with van der Waals surface area (Å²) in [7, 11) is 0. The Morgan fingerprint density at radius 2 is 2.38 bits per heavy atom. The van der Waals surface area contributed by atoms with Crippen molar-refractivity contribution in [2.24, 2.45) is 0 Å². The summed E-state index contributed by atoms with van der Waals surface area (Å²) in [4.78, 5) is 9.74. The molecule has 0 aromatic rings. The number of unbranched alkanes of at least 4 members (excludes halogenated alkanes) is 1. The highest BCUT2D eigenvalue weighted by Gasteiger charge is 1.81. The molecule has 0 unspecified atom stereocenters. The van der Waals surface area contributed by atoms with Crippen molar-refractivity contribution in [2.45, 2.75) is 19.8 Å². The van der Waals surface area contributed by atoms with Gasteiger partial charge in [0.2, 0.25) is 0 Å². The van der Waals surface area contributed by atoms with Crippen LogP contribution in [0.3, 0.4) is 0 Å². The Morgan fingerprint density at radius 1 is 1.62 bits per heavy atom. The fourth-order valence-corrected chi connectivity index (χ4v) is 0.487. The van der Waals surface area contributed by atoms with Gasteiger partial charge in [-0.05, 0) is 19.5 Å². The van der Waals surface area contributed by atoms with Gasteiger partial charge in [0, 0.05) is 6.42 Å². The third kappa shape index (κ3) is 5.63. The van der Waals surface area contributed by atoms with Gasteiger partial charge in [-0.3, -0.25) is 0 Å². The number of carbonyl (C=O) groups is 1. The Kier molecular flexibility index (Phi) is 6.32. The van der Waals surface area contributed by atoms with E-state index in [1.807, 2.05) is 0 Å². The second-order valence-corrected chi connectivity index (χ2v) is 1.66. The van der Waals surface area contributed by atoms with Crippen LogP contribution >= 0.6 is 0 Å². The van der Waals surface area contributed by atoms with Gasteiger partial charge < -0.3 is 10.1 Å². The van der Waals surface area contributed by atoms with E-state index in [0.717, 1.165) is 25.8 Å². The summed E-state index contributed by atoms with van der Waals surface area (Å²) >= 11 is 0. The largest absolute Gasteiger partial charge is 0.317 e. The first-order valence-electron chi connectivity index (χ1n) is 3.06. The molecule has 0 saturated heterocycles. The zero-order valence-electron chi connectivity index (χ0n) is 5.31. The van der Waals surface area contributed by atoms with E-state index in [-0.39, 0.29) is 0 Å². The summed E-state index contributed by atoms with van der Waals surface area (Å²) in [6.45, 7) is 4.02. The minimum atomic E-state index is 0.688. The molecule has 0 aromatic heterocycles. The Hall–Kier alpha value is -0.370. The maximum absolute atomic E-state index is 9.74. The van der Waals surface area contributed by atoms with Crippen LogP contribution in [-0.2, 0) is 4.79 Å². The Morgan fingerprint density at radius 3 is 2.88 bits per heavy atom. The molecule has 1 N–H and O–H groups in total. The maximum Gasteiger partial charge on any atom is 0.120 e. The molecule has 0 atom stereocenters. The van der Waals surface area contributed by atoms with E-state index >= 15 is 0 Å². The molecule has 8 heavy (non-hydrogen) atoms. The quantitative estimate of drug-likeness (QED) is 0.419. The minimum absolute atomic E-state index is 0.688. The third-order valence-corrected chi connectivity index (χ3v) is 0.926. The number of nitrogens with one attached hydrogen (secondary N) is 1. The molecule has 0 heterocycles. The first kappa shape index (κ1) is 7.63. The molecule has 0 fully saturated rings. The van der Waals surface area contributed by atoms with Gasteiger partial charge >= 0.3 is 0 Å². The van der Waals surface area contributed by atoms with Gasteiger partial charge in [-0.1, -0.05) is 6.92 Å². The summed E-state index contributed by atoms with van der Waals surface area (Å²) < 4.78 is 0. The van der Waals surface area contributed by atoms with Gasteiger partial charge in [-0.15, -0.1) is 0 Å². The molecule has 0 spiro atoms. The molecule has 0 amide bonds. The fraction of sp³-hybridized carbons (Fsp3) is 0.833. The van der Waals surface area contributed by atoms with E-state index in [0.29, 0.717) is 6.42 Å². The number of aldehydes is 1. The van der Waals surface area contributed by atoms with Crippen LogP contribution in [-0.4, -0.2) is 19.4 Å². The predicted molar refractivity (Wildman–Crippen MR) is 33.8 cm³/mol. The number of rotatable bonds is 5. The lowest BCUT2D eigenvalue weighted by atomic mass is 10.3. The molecule has 0 rings (SSSR count). The van der Waals surface area contributed by atoms with Crippen molar-refractivity contribution in [3.63, 3.8) is 0 Å². The second-order valence-electron chi connectivity index (χ2n) is 1.66. The summed E-state index contributed by atoms with van der Waals surface area (Å²) in [5.41, 5.74) is 0. The minimum Gasteiger partial charge on any atom is -0.317 e. The van der Waals surface area contributed by atoms with Crippen molar-refractivity contribution in [2.75, 3.05) is 13.1 Å². The molecule has 0 aromatic carbocycles. The first-order chi connectivity index (χ1) is 3.91. The maximum atomic E-state index is 9.74. The molecular weight excluding hydrogens is 102 g/mol. The predicted octanol–water partition coefficient (Wildman–Crippen LogP) is 0.575. The Bertz CT molecular complexity index is 54.5. The number of carbonyl (C=O) groups excluding carboxylic acids is 1. The fourth-order valence-electron chi connectivity index (χ4n) is 0.487. The van der Waals surface area contributed by atoms with Crippen molar-refractivity contribution in [3.8, 4) is 0 Å². The van der Waals surface area contributed by atoms with E-state index in [4.69, 9.17) is 0 Å². The standard InChI is InChI=1S/C6H13NO/c1-2-7-5-3-4-6-8/h6-7H,2-5H2,1H3. The van der Waals surface area contributed by atoms with Crippen LogP contribution in [0.5, 0.6) is 0 Å². The summed E-state index contributed by atoms with van der Waals surface area (Å²) in [5.74, 6) is 0. The molecule has 0 aliphatic carbocycles. The van der Waals surface area contributed by atoms with Crippen molar-refractivity contribution >= 4 is 6.29 Å². The van der Waals surface area contributed by atoms with Crippen LogP contribution in [0.2, 0.25) is 0 Å². The van der Waals surface area contributed by atoms with Gasteiger partial charge in [0.05, 0.1) is 0 Å². The van der Waals surface area contributed by atoms with Crippen molar-refractivity contribution in [3.05, 3.63) is 0 Å². The lowest BCUT2D eigenvalue weighted by Crippen LogP contribution is -2.13. The summed E-state index contributed by atoms with van der Waals surface area (Å²) in [6, 6.07) is 0. The van der Waals surface area contributed by atoms with Gasteiger partial charge in [-0.2, -0.15) is 0 Å². The smallest absolute Gasteiger partial charge is 0.120 e. The first-order valence-corrected chi connectivity index (χ1v) is 3.06. The lowest BCUT2D eigenvalue weighted by molar-refractivity contribution is -0.107. The summed E-state index contributed by atoms with van der Waals surface area (Å²) in [6.07, 6.45) is 2.61. The molecular formula is C6H13NO. The Labute approximate surface area is 50.3 Å². The van der Waals surface area contributed by atoms with Crippen LogP contribution in [0.25, 0.3) is 0 Å². The zero-order valence-corrected chi connectivity index (χ0v) is 5.31. The normalized spacial score (nSPS) is 9.12. The van der Waals surface area contributed by atoms with E-state index in [9.17, 15) is 4.79 Å². The summed E-state index contributed by atoms with van der Waals surface area (Å²) in [5, 5.41) is 3.12. The van der Waals surface area contributed by atoms with Gasteiger partial charge in [-0.25, -0.2) is 0 Å². The molecule has 0 aliphatic heterocycles. The van der Waals surface area contributed by atoms with Gasteiger partial charge in [0.15, 0.2) is 0 Å². The average Bonchev–Trinajstić information content (AvgIpc) is 1.81. The Balaban J connectivity index is 2.62. The molecule has 0 bridgehead atoms. The SMILES string of the molecule is CCNCCCC=O. The van der Waals surface area contributed by atoms with Crippen LogP contribution < -0.4 is 5.32 Å². The van der Waals surface area contributed by atoms with E-state index in [1.54, 1.807) is 0 Å². The molecule has 0 aliphatic rings. The number of hydrogen-bond acceptors (Lipinski definition) is 2. The third-order valence-electron chi connectivity index (χ3n) is 0.926. The van der Waals surface area contributed by atoms with Crippen LogP contribution in [0.4, 0.5) is 0 Å². The number of hydrogen-bond donors (Lipinski definition) is 1. The monoisotopic (exact) mass is 115 g/mol. The lowest BCUT2D eigenvalue weighted by Gasteiger charge is -1.94. The van der Waals surface area contributed by atoms with Crippen LogP contribution in [0.15, 0.2) is 0 Å². The van der Waals surface area contributed by atoms with Gasteiger partial charge in [0.25, 0.3) is 0 Å². The highest BCUT2D eigenvalue weighted by Crippen LogP contribution is 1.78. The van der Waals surface area contributed by atoms with E-state index in [2.05, 4.69) is 12.2 Å². The van der Waals surface area contributed by atoms with Crippen molar-refractivity contribution < 1.29 is 4.79 Å². The van der Waals surface area contributed by atoms with Gasteiger partial charge in [0.1, 0.15) is 6.29 Å². The molecule has 0 radical (unpaired) electrons. The molecule has 2 nitrogen and oxygen atoms in total. The van der Waals surface area contributed by atoms with E-state index < -0.39 is 0 Å². The molecule has 48 valence electrons. The highest BCUT2D eigenvalue weighted by molar-refractivity contribution is 5.48.